The lowest BCUT2D eigenvalue weighted by atomic mass is 10.3. The second-order valence-electron chi connectivity index (χ2n) is 3.84. The number of sulfonamides is 1. The van der Waals surface area contributed by atoms with E-state index in [0.717, 1.165) is 0 Å². The molecule has 0 bridgehead atoms. The van der Waals surface area contributed by atoms with E-state index in [1.807, 2.05) is 0 Å². The number of halogens is 2. The van der Waals surface area contributed by atoms with Crippen LogP contribution in [0.5, 0.6) is 0 Å². The van der Waals surface area contributed by atoms with Crippen molar-refractivity contribution in [2.24, 2.45) is 0 Å². The van der Waals surface area contributed by atoms with Gasteiger partial charge in [-0.3, -0.25) is 4.72 Å². The summed E-state index contributed by atoms with van der Waals surface area (Å²) >= 11 is 9.11. The maximum atomic E-state index is 12.3. The molecule has 5 nitrogen and oxygen atoms in total. The van der Waals surface area contributed by atoms with Gasteiger partial charge in [-0.05, 0) is 46.3 Å². The minimum Gasteiger partial charge on any atom is -0.386 e. The third-order valence-corrected chi connectivity index (χ3v) is 5.02. The van der Waals surface area contributed by atoms with Crippen LogP contribution < -0.4 is 10.0 Å². The number of hydrogen-bond donors (Lipinski definition) is 2. The summed E-state index contributed by atoms with van der Waals surface area (Å²) in [7, 11) is -2.14. The Bertz CT molecular complexity index is 737. The lowest BCUT2D eigenvalue weighted by Gasteiger charge is -2.11. The van der Waals surface area contributed by atoms with E-state index in [9.17, 15) is 8.42 Å². The van der Waals surface area contributed by atoms with Crippen molar-refractivity contribution >= 4 is 48.9 Å². The minimum atomic E-state index is -3.77. The van der Waals surface area contributed by atoms with Crippen molar-refractivity contribution in [2.45, 2.75) is 5.03 Å². The van der Waals surface area contributed by atoms with Crippen molar-refractivity contribution in [1.82, 2.24) is 4.98 Å². The average Bonchev–Trinajstić information content (AvgIpc) is 2.42. The van der Waals surface area contributed by atoms with E-state index in [1.165, 1.54) is 6.20 Å². The molecule has 0 amide bonds. The number of aromatic nitrogens is 1. The van der Waals surface area contributed by atoms with Crippen LogP contribution in [-0.4, -0.2) is 20.4 Å². The van der Waals surface area contributed by atoms with Gasteiger partial charge in [0.05, 0.1) is 16.4 Å². The molecule has 0 spiro atoms. The van der Waals surface area contributed by atoms with Gasteiger partial charge in [-0.2, -0.15) is 8.42 Å². The monoisotopic (exact) mass is 375 g/mol. The Morgan fingerprint density at radius 1 is 1.30 bits per heavy atom. The largest absolute Gasteiger partial charge is 0.386 e. The molecule has 0 aliphatic carbocycles. The molecule has 2 aromatic rings. The maximum absolute atomic E-state index is 12.3. The van der Waals surface area contributed by atoms with Gasteiger partial charge in [0.15, 0.2) is 5.03 Å². The average molecular weight is 377 g/mol. The summed E-state index contributed by atoms with van der Waals surface area (Å²) in [6.07, 6.45) is 1.42. The first-order chi connectivity index (χ1) is 9.44. The van der Waals surface area contributed by atoms with Crippen molar-refractivity contribution in [3.63, 3.8) is 0 Å². The van der Waals surface area contributed by atoms with Crippen LogP contribution in [0.15, 0.2) is 46.0 Å². The highest BCUT2D eigenvalue weighted by Gasteiger charge is 2.20. The Morgan fingerprint density at radius 2 is 2.05 bits per heavy atom. The number of hydrogen-bond acceptors (Lipinski definition) is 4. The van der Waals surface area contributed by atoms with E-state index in [2.05, 4.69) is 31.0 Å². The topological polar surface area (TPSA) is 71.1 Å². The highest BCUT2D eigenvalue weighted by Crippen LogP contribution is 2.27. The lowest BCUT2D eigenvalue weighted by Crippen LogP contribution is -2.16. The van der Waals surface area contributed by atoms with Crippen LogP contribution >= 0.6 is 27.5 Å². The van der Waals surface area contributed by atoms with E-state index in [-0.39, 0.29) is 5.03 Å². The molecule has 2 rings (SSSR count). The van der Waals surface area contributed by atoms with Crippen molar-refractivity contribution in [2.75, 3.05) is 17.1 Å². The molecule has 8 heteroatoms. The lowest BCUT2D eigenvalue weighted by molar-refractivity contribution is 0.598. The van der Waals surface area contributed by atoms with Crippen LogP contribution in [0.1, 0.15) is 0 Å². The van der Waals surface area contributed by atoms with Crippen molar-refractivity contribution in [3.05, 3.63) is 46.0 Å². The molecule has 0 aliphatic rings. The van der Waals surface area contributed by atoms with Crippen molar-refractivity contribution in [1.29, 1.82) is 0 Å². The van der Waals surface area contributed by atoms with Gasteiger partial charge in [0.1, 0.15) is 0 Å². The number of benzene rings is 1. The second-order valence-corrected chi connectivity index (χ2v) is 6.70. The van der Waals surface area contributed by atoms with E-state index in [4.69, 9.17) is 11.6 Å². The van der Waals surface area contributed by atoms with Gasteiger partial charge in [0.25, 0.3) is 10.0 Å². The van der Waals surface area contributed by atoms with Gasteiger partial charge in [-0.25, -0.2) is 4.98 Å². The number of pyridine rings is 1. The van der Waals surface area contributed by atoms with Crippen molar-refractivity contribution < 1.29 is 8.42 Å². The van der Waals surface area contributed by atoms with Crippen LogP contribution in [0, 0.1) is 0 Å². The first-order valence-corrected chi connectivity index (χ1v) is 8.20. The highest BCUT2D eigenvalue weighted by atomic mass is 79.9. The van der Waals surface area contributed by atoms with Gasteiger partial charge in [0.2, 0.25) is 0 Å². The second kappa shape index (κ2) is 5.99. The Hall–Kier alpha value is -1.31. The zero-order valence-electron chi connectivity index (χ0n) is 10.4. The summed E-state index contributed by atoms with van der Waals surface area (Å²) in [5.74, 6) is 0. The molecule has 1 aromatic heterocycles. The van der Waals surface area contributed by atoms with Gasteiger partial charge < -0.3 is 5.32 Å². The van der Waals surface area contributed by atoms with Crippen molar-refractivity contribution in [3.8, 4) is 0 Å². The smallest absolute Gasteiger partial charge is 0.281 e. The van der Waals surface area contributed by atoms with E-state index >= 15 is 0 Å². The fraction of sp³-hybridized carbons (Fsp3) is 0.0833. The number of nitrogens with zero attached hydrogens (tertiary/aromatic N) is 1. The van der Waals surface area contributed by atoms with Crippen LogP contribution in [0.2, 0.25) is 5.02 Å². The molecular weight excluding hydrogens is 366 g/mol. The van der Waals surface area contributed by atoms with E-state index in [0.29, 0.717) is 20.9 Å². The Kier molecular flexibility index (Phi) is 4.52. The molecule has 2 N–H and O–H groups in total. The maximum Gasteiger partial charge on any atom is 0.281 e. The molecule has 1 aromatic carbocycles. The molecule has 0 saturated carbocycles. The summed E-state index contributed by atoms with van der Waals surface area (Å²) in [6, 6.07) is 8.05. The number of rotatable bonds is 4. The summed E-state index contributed by atoms with van der Waals surface area (Å²) in [4.78, 5) is 3.91. The first-order valence-electron chi connectivity index (χ1n) is 5.54. The summed E-state index contributed by atoms with van der Waals surface area (Å²) in [5, 5.41) is 3.24. The van der Waals surface area contributed by atoms with Crippen LogP contribution in [0.25, 0.3) is 0 Å². The molecule has 0 unspecified atom stereocenters. The molecule has 0 aliphatic heterocycles. The molecule has 20 heavy (non-hydrogen) atoms. The first kappa shape index (κ1) is 15.1. The predicted octanol–water partition coefficient (Wildman–Crippen LogP) is 3.34. The summed E-state index contributed by atoms with van der Waals surface area (Å²) in [5.41, 5.74) is 0.821. The molecule has 106 valence electrons. The zero-order chi connectivity index (χ0) is 14.8. The highest BCUT2D eigenvalue weighted by molar-refractivity contribution is 9.10. The summed E-state index contributed by atoms with van der Waals surface area (Å²) < 4.78 is 27.7. The standard InChI is InChI=1S/C12H11BrClN3O2S/c1-15-11-3-2-6-16-12(11)20(18,19)17-8-4-5-10(14)9(13)7-8/h2-7,15,17H,1H3. The SMILES string of the molecule is CNc1cccnc1S(=O)(=O)Nc1ccc(Cl)c(Br)c1. The molecule has 0 radical (unpaired) electrons. The van der Waals surface area contributed by atoms with Crippen LogP contribution in [0.3, 0.4) is 0 Å². The van der Waals surface area contributed by atoms with E-state index in [1.54, 1.807) is 37.4 Å². The van der Waals surface area contributed by atoms with E-state index < -0.39 is 10.0 Å². The quantitative estimate of drug-likeness (QED) is 0.858. The molecule has 0 atom stereocenters. The normalized spacial score (nSPS) is 11.2. The van der Waals surface area contributed by atoms with Gasteiger partial charge in [-0.1, -0.05) is 11.6 Å². The number of anilines is 2. The molecule has 0 fully saturated rings. The molecule has 0 saturated heterocycles. The van der Waals surface area contributed by atoms with Crippen LogP contribution in [-0.2, 0) is 10.0 Å². The van der Waals surface area contributed by atoms with Gasteiger partial charge in [0, 0.05) is 17.7 Å². The zero-order valence-corrected chi connectivity index (χ0v) is 13.6. The third-order valence-electron chi connectivity index (χ3n) is 2.47. The fourth-order valence-electron chi connectivity index (χ4n) is 1.56. The van der Waals surface area contributed by atoms with Crippen LogP contribution in [0.4, 0.5) is 11.4 Å². The molecule has 1 heterocycles. The Labute approximate surface area is 130 Å². The van der Waals surface area contributed by atoms with Gasteiger partial charge in [-0.15, -0.1) is 0 Å². The minimum absolute atomic E-state index is 0.0615. The Morgan fingerprint density at radius 3 is 2.70 bits per heavy atom. The van der Waals surface area contributed by atoms with Gasteiger partial charge >= 0.3 is 0 Å². The third kappa shape index (κ3) is 3.23. The number of nitrogens with one attached hydrogen (secondary N) is 2. The fourth-order valence-corrected chi connectivity index (χ4v) is 3.25. The Balaban J connectivity index is 2.38. The predicted molar refractivity (Wildman–Crippen MR) is 83.7 cm³/mol. The summed E-state index contributed by atoms with van der Waals surface area (Å²) in [6.45, 7) is 0. The molecular formula is C12H11BrClN3O2S.